The van der Waals surface area contributed by atoms with Gasteiger partial charge in [-0.25, -0.2) is 4.79 Å². The van der Waals surface area contributed by atoms with E-state index in [-0.39, 0.29) is 10.9 Å². The lowest BCUT2D eigenvalue weighted by molar-refractivity contribution is 0.0600. The second-order valence-electron chi connectivity index (χ2n) is 6.57. The Bertz CT molecular complexity index is 926. The van der Waals surface area contributed by atoms with Crippen LogP contribution < -0.4 is 19.7 Å². The highest BCUT2D eigenvalue weighted by atomic mass is 35.5. The van der Waals surface area contributed by atoms with Crippen molar-refractivity contribution in [1.29, 1.82) is 0 Å². The summed E-state index contributed by atoms with van der Waals surface area (Å²) in [6.45, 7) is 1.78. The number of hydrogen-bond donors (Lipinski definition) is 1. The van der Waals surface area contributed by atoms with Crippen LogP contribution in [0.2, 0.25) is 5.02 Å². The highest BCUT2D eigenvalue weighted by Crippen LogP contribution is 2.37. The molecule has 0 saturated carbocycles. The third kappa shape index (κ3) is 4.40. The topological polar surface area (TPSA) is 77.1 Å². The zero-order chi connectivity index (χ0) is 21.0. The molecule has 0 aliphatic carbocycles. The minimum absolute atomic E-state index is 0.264. The molecule has 8 heteroatoms. The summed E-state index contributed by atoms with van der Waals surface area (Å²) < 4.78 is 15.3. The molecule has 29 heavy (non-hydrogen) atoms. The average Bonchev–Trinajstić information content (AvgIpc) is 3.26. The van der Waals surface area contributed by atoms with Crippen molar-refractivity contribution in [3.8, 4) is 11.5 Å². The number of rotatable bonds is 6. The molecule has 2 aromatic rings. The predicted octanol–water partition coefficient (Wildman–Crippen LogP) is 4.00. The van der Waals surface area contributed by atoms with Crippen molar-refractivity contribution in [3.63, 3.8) is 0 Å². The lowest BCUT2D eigenvalue weighted by atomic mass is 10.1. The molecule has 1 N–H and O–H groups in total. The number of halogens is 1. The summed E-state index contributed by atoms with van der Waals surface area (Å²) >= 11 is 6.23. The molecule has 1 saturated heterocycles. The number of benzene rings is 2. The molecule has 0 spiro atoms. The van der Waals surface area contributed by atoms with Gasteiger partial charge in [-0.1, -0.05) is 11.6 Å². The number of carbonyl (C=O) groups is 2. The molecule has 0 bridgehead atoms. The number of ether oxygens (including phenoxy) is 3. The second kappa shape index (κ2) is 9.05. The van der Waals surface area contributed by atoms with Crippen LogP contribution in [0, 0.1) is 0 Å². The molecule has 1 fully saturated rings. The van der Waals surface area contributed by atoms with Crippen LogP contribution in [0.1, 0.15) is 33.6 Å². The Balaban J connectivity index is 1.96. The predicted molar refractivity (Wildman–Crippen MR) is 112 cm³/mol. The highest BCUT2D eigenvalue weighted by Gasteiger charge is 2.21. The number of nitrogens with zero attached hydrogens (tertiary/aromatic N) is 1. The van der Waals surface area contributed by atoms with Gasteiger partial charge in [-0.15, -0.1) is 0 Å². The zero-order valence-corrected chi connectivity index (χ0v) is 17.3. The first-order valence-electron chi connectivity index (χ1n) is 9.18. The van der Waals surface area contributed by atoms with Gasteiger partial charge in [0.25, 0.3) is 5.91 Å². The molecule has 2 aromatic carbocycles. The van der Waals surface area contributed by atoms with E-state index in [1.54, 1.807) is 18.2 Å². The summed E-state index contributed by atoms with van der Waals surface area (Å²) in [6, 6.07) is 8.22. The van der Waals surface area contributed by atoms with E-state index in [9.17, 15) is 9.59 Å². The summed E-state index contributed by atoms with van der Waals surface area (Å²) in [5.74, 6) is -0.137. The van der Waals surface area contributed by atoms with Crippen molar-refractivity contribution in [2.24, 2.45) is 0 Å². The number of anilines is 2. The fourth-order valence-electron chi connectivity index (χ4n) is 3.36. The summed E-state index contributed by atoms with van der Waals surface area (Å²) in [7, 11) is 4.27. The van der Waals surface area contributed by atoms with E-state index in [1.165, 1.54) is 27.4 Å². The van der Waals surface area contributed by atoms with Gasteiger partial charge in [0.05, 0.1) is 43.3 Å². The van der Waals surface area contributed by atoms with Crippen molar-refractivity contribution in [1.82, 2.24) is 0 Å². The lowest BCUT2D eigenvalue weighted by Crippen LogP contribution is -2.21. The summed E-state index contributed by atoms with van der Waals surface area (Å²) in [5.41, 5.74) is 2.06. The largest absolute Gasteiger partial charge is 0.493 e. The maximum atomic E-state index is 13.0. The minimum Gasteiger partial charge on any atom is -0.493 e. The maximum absolute atomic E-state index is 13.0. The van der Waals surface area contributed by atoms with E-state index in [0.717, 1.165) is 31.6 Å². The Hall–Kier alpha value is -2.93. The van der Waals surface area contributed by atoms with Gasteiger partial charge in [0.1, 0.15) is 0 Å². The Morgan fingerprint density at radius 3 is 2.34 bits per heavy atom. The van der Waals surface area contributed by atoms with E-state index in [1.807, 2.05) is 6.07 Å². The third-order valence-corrected chi connectivity index (χ3v) is 5.09. The summed E-state index contributed by atoms with van der Waals surface area (Å²) in [4.78, 5) is 27.1. The van der Waals surface area contributed by atoms with Crippen LogP contribution in [-0.2, 0) is 4.74 Å². The van der Waals surface area contributed by atoms with Crippen LogP contribution >= 0.6 is 11.6 Å². The van der Waals surface area contributed by atoms with Crippen molar-refractivity contribution in [3.05, 3.63) is 46.5 Å². The minimum atomic E-state index is -0.470. The number of hydrogen-bond acceptors (Lipinski definition) is 6. The van der Waals surface area contributed by atoms with Gasteiger partial charge < -0.3 is 24.4 Å². The molecule has 1 aliphatic heterocycles. The van der Waals surface area contributed by atoms with Crippen molar-refractivity contribution in [2.45, 2.75) is 12.8 Å². The SMILES string of the molecule is COC(=O)c1ccc(N2CCCC2)c(NC(=O)c2cc(Cl)c(OC)c(OC)c2)c1. The number of carbonyl (C=O) groups excluding carboxylic acids is 2. The van der Waals surface area contributed by atoms with Gasteiger partial charge >= 0.3 is 5.97 Å². The molecule has 0 unspecified atom stereocenters. The van der Waals surface area contributed by atoms with Gasteiger partial charge in [-0.2, -0.15) is 0 Å². The summed E-state index contributed by atoms with van der Waals surface area (Å²) in [5, 5.41) is 3.16. The van der Waals surface area contributed by atoms with E-state index < -0.39 is 5.97 Å². The van der Waals surface area contributed by atoms with E-state index >= 15 is 0 Å². The van der Waals surface area contributed by atoms with Crippen molar-refractivity contribution in [2.75, 3.05) is 44.6 Å². The van der Waals surface area contributed by atoms with E-state index in [0.29, 0.717) is 28.3 Å². The average molecular weight is 419 g/mol. The van der Waals surface area contributed by atoms with Crippen molar-refractivity contribution >= 4 is 34.9 Å². The van der Waals surface area contributed by atoms with Gasteiger partial charge in [-0.05, 0) is 43.2 Å². The first-order valence-corrected chi connectivity index (χ1v) is 9.56. The Labute approximate surface area is 174 Å². The second-order valence-corrected chi connectivity index (χ2v) is 6.97. The zero-order valence-electron chi connectivity index (χ0n) is 16.6. The van der Waals surface area contributed by atoms with Gasteiger partial charge in [-0.3, -0.25) is 4.79 Å². The molecular weight excluding hydrogens is 396 g/mol. The van der Waals surface area contributed by atoms with E-state index in [4.69, 9.17) is 25.8 Å². The van der Waals surface area contributed by atoms with Crippen LogP contribution in [0.15, 0.2) is 30.3 Å². The molecule has 0 atom stereocenters. The first-order chi connectivity index (χ1) is 14.0. The smallest absolute Gasteiger partial charge is 0.337 e. The van der Waals surface area contributed by atoms with Crippen molar-refractivity contribution < 1.29 is 23.8 Å². The molecule has 154 valence electrons. The quantitative estimate of drug-likeness (QED) is 0.714. The van der Waals surface area contributed by atoms with Crippen LogP contribution in [-0.4, -0.2) is 46.3 Å². The van der Waals surface area contributed by atoms with Crippen LogP contribution in [0.3, 0.4) is 0 Å². The number of nitrogens with one attached hydrogen (secondary N) is 1. The molecule has 1 aliphatic rings. The number of esters is 1. The molecule has 0 radical (unpaired) electrons. The maximum Gasteiger partial charge on any atom is 0.337 e. The lowest BCUT2D eigenvalue weighted by Gasteiger charge is -2.22. The fourth-order valence-corrected chi connectivity index (χ4v) is 3.65. The fraction of sp³-hybridized carbons (Fsp3) is 0.333. The van der Waals surface area contributed by atoms with Gasteiger partial charge in [0, 0.05) is 18.7 Å². The number of amides is 1. The monoisotopic (exact) mass is 418 g/mol. The summed E-state index contributed by atoms with van der Waals surface area (Å²) in [6.07, 6.45) is 2.16. The third-order valence-electron chi connectivity index (χ3n) is 4.81. The Morgan fingerprint density at radius 1 is 1.00 bits per heavy atom. The normalized spacial score (nSPS) is 13.2. The van der Waals surface area contributed by atoms with Crippen LogP contribution in [0.4, 0.5) is 11.4 Å². The van der Waals surface area contributed by atoms with Crippen LogP contribution in [0.25, 0.3) is 0 Å². The highest BCUT2D eigenvalue weighted by molar-refractivity contribution is 6.32. The Morgan fingerprint density at radius 2 is 1.72 bits per heavy atom. The molecule has 1 heterocycles. The first kappa shape index (κ1) is 20.8. The number of methoxy groups -OCH3 is 3. The molecule has 0 aromatic heterocycles. The van der Waals surface area contributed by atoms with E-state index in [2.05, 4.69) is 10.2 Å². The molecule has 1 amide bonds. The van der Waals surface area contributed by atoms with Gasteiger partial charge in [0.15, 0.2) is 11.5 Å². The standard InChI is InChI=1S/C21H23ClN2O5/c1-27-18-12-14(10-15(22)19(18)28-2)20(25)23-16-11-13(21(26)29-3)6-7-17(16)24-8-4-5-9-24/h6-7,10-12H,4-5,8-9H2,1-3H3,(H,23,25). The van der Waals surface area contributed by atoms with Crippen LogP contribution in [0.5, 0.6) is 11.5 Å². The molecule has 3 rings (SSSR count). The molecule has 7 nitrogen and oxygen atoms in total. The van der Waals surface area contributed by atoms with Gasteiger partial charge in [0.2, 0.25) is 0 Å². The Kier molecular flexibility index (Phi) is 6.49. The molecular formula is C21H23ClN2O5.